The molecule has 0 fully saturated rings. The Morgan fingerprint density at radius 2 is 2.41 bits per heavy atom. The minimum Gasteiger partial charge on any atom is -0.496 e. The minimum absolute atomic E-state index is 0.444. The zero-order valence-electron chi connectivity index (χ0n) is 9.96. The van der Waals surface area contributed by atoms with Crippen molar-refractivity contribution in [1.82, 2.24) is 9.55 Å². The van der Waals surface area contributed by atoms with E-state index in [4.69, 9.17) is 4.74 Å². The average molecular weight is 252 g/mol. The highest BCUT2D eigenvalue weighted by atomic mass is 32.1. The topological polar surface area (TPSA) is 47.3 Å². The smallest absolute Gasteiger partial charge is 0.129 e. The first-order chi connectivity index (χ1) is 8.20. The van der Waals surface area contributed by atoms with Gasteiger partial charge in [0.05, 0.1) is 13.2 Å². The van der Waals surface area contributed by atoms with Crippen LogP contribution in [-0.4, -0.2) is 21.8 Å². The maximum Gasteiger partial charge on any atom is 0.129 e. The molecule has 0 saturated carbocycles. The molecule has 4 nitrogen and oxygen atoms in total. The molecule has 1 N–H and O–H groups in total. The van der Waals surface area contributed by atoms with E-state index < -0.39 is 6.10 Å². The number of aryl methyl sites for hydroxylation is 2. The highest BCUT2D eigenvalue weighted by Crippen LogP contribution is 2.29. The summed E-state index contributed by atoms with van der Waals surface area (Å²) < 4.78 is 7.07. The Balaban J connectivity index is 1.93. The molecule has 1 atom stereocenters. The monoisotopic (exact) mass is 252 g/mol. The predicted molar refractivity (Wildman–Crippen MR) is 67.4 cm³/mol. The molecule has 1 unspecified atom stereocenters. The first kappa shape index (κ1) is 12.1. The van der Waals surface area contributed by atoms with Crippen molar-refractivity contribution in [1.29, 1.82) is 0 Å². The van der Waals surface area contributed by atoms with E-state index >= 15 is 0 Å². The zero-order chi connectivity index (χ0) is 12.3. The van der Waals surface area contributed by atoms with Gasteiger partial charge < -0.3 is 14.4 Å². The molecule has 0 aliphatic rings. The molecular weight excluding hydrogens is 236 g/mol. The molecule has 2 aromatic heterocycles. The van der Waals surface area contributed by atoms with Gasteiger partial charge in [-0.25, -0.2) is 4.98 Å². The van der Waals surface area contributed by atoms with Crippen LogP contribution in [0.2, 0.25) is 0 Å². The fourth-order valence-electron chi connectivity index (χ4n) is 1.66. The second-order valence-corrected chi connectivity index (χ2v) is 4.84. The van der Waals surface area contributed by atoms with Gasteiger partial charge in [0.25, 0.3) is 0 Å². The second-order valence-electron chi connectivity index (χ2n) is 3.90. The summed E-state index contributed by atoms with van der Waals surface area (Å²) >= 11 is 1.52. The van der Waals surface area contributed by atoms with Gasteiger partial charge in [0.15, 0.2) is 0 Å². The summed E-state index contributed by atoms with van der Waals surface area (Å²) in [7, 11) is 3.59. The number of ether oxygens (including phenoxy) is 1. The summed E-state index contributed by atoms with van der Waals surface area (Å²) in [5.74, 6) is 1.80. The van der Waals surface area contributed by atoms with Gasteiger partial charge >= 0.3 is 0 Å². The quantitative estimate of drug-likeness (QED) is 0.887. The van der Waals surface area contributed by atoms with Gasteiger partial charge in [0, 0.05) is 36.1 Å². The van der Waals surface area contributed by atoms with Crippen LogP contribution in [0.3, 0.4) is 0 Å². The van der Waals surface area contributed by atoms with Gasteiger partial charge in [-0.3, -0.25) is 0 Å². The van der Waals surface area contributed by atoms with Crippen molar-refractivity contribution in [3.8, 4) is 5.75 Å². The van der Waals surface area contributed by atoms with E-state index in [-0.39, 0.29) is 0 Å². The first-order valence-corrected chi connectivity index (χ1v) is 6.35. The van der Waals surface area contributed by atoms with Crippen molar-refractivity contribution >= 4 is 11.3 Å². The number of hydrogen-bond acceptors (Lipinski definition) is 4. The van der Waals surface area contributed by atoms with Crippen molar-refractivity contribution in [3.05, 3.63) is 34.5 Å². The zero-order valence-corrected chi connectivity index (χ0v) is 10.8. The molecule has 0 aliphatic heterocycles. The molecule has 0 aromatic carbocycles. The van der Waals surface area contributed by atoms with E-state index in [1.165, 1.54) is 11.3 Å². The number of hydrogen-bond donors (Lipinski definition) is 1. The molecule has 0 radical (unpaired) electrons. The number of thiophene rings is 1. The Kier molecular flexibility index (Phi) is 3.81. The summed E-state index contributed by atoms with van der Waals surface area (Å²) in [6, 6.07) is 1.88. The van der Waals surface area contributed by atoms with E-state index in [1.54, 1.807) is 13.3 Å². The van der Waals surface area contributed by atoms with Gasteiger partial charge in [-0.05, 0) is 12.5 Å². The summed E-state index contributed by atoms with van der Waals surface area (Å²) in [5, 5.41) is 11.9. The van der Waals surface area contributed by atoms with Gasteiger partial charge in [0.1, 0.15) is 11.6 Å². The van der Waals surface area contributed by atoms with Crippen LogP contribution < -0.4 is 4.74 Å². The van der Waals surface area contributed by atoms with E-state index in [9.17, 15) is 5.11 Å². The van der Waals surface area contributed by atoms with Crippen molar-refractivity contribution < 1.29 is 9.84 Å². The Morgan fingerprint density at radius 1 is 1.59 bits per heavy atom. The third-order valence-corrected chi connectivity index (χ3v) is 3.73. The van der Waals surface area contributed by atoms with Crippen LogP contribution in [0.15, 0.2) is 23.8 Å². The molecule has 0 spiro atoms. The normalized spacial score (nSPS) is 12.6. The Hall–Kier alpha value is -1.33. The maximum atomic E-state index is 10.0. The molecule has 0 amide bonds. The Labute approximate surface area is 105 Å². The largest absolute Gasteiger partial charge is 0.496 e. The first-order valence-electron chi connectivity index (χ1n) is 5.47. The van der Waals surface area contributed by atoms with Crippen molar-refractivity contribution in [2.24, 2.45) is 7.05 Å². The average Bonchev–Trinajstić information content (AvgIpc) is 2.94. The summed E-state index contributed by atoms with van der Waals surface area (Å²) in [5.41, 5.74) is 0. The Morgan fingerprint density at radius 3 is 3.00 bits per heavy atom. The molecular formula is C12H16N2O2S. The van der Waals surface area contributed by atoms with Crippen molar-refractivity contribution in [3.63, 3.8) is 0 Å². The van der Waals surface area contributed by atoms with E-state index in [0.717, 1.165) is 22.9 Å². The molecule has 0 bridgehead atoms. The van der Waals surface area contributed by atoms with Crippen LogP contribution >= 0.6 is 11.3 Å². The third-order valence-electron chi connectivity index (χ3n) is 2.72. The molecule has 2 heterocycles. The molecule has 0 aliphatic carbocycles. The maximum absolute atomic E-state index is 10.0. The third kappa shape index (κ3) is 2.87. The van der Waals surface area contributed by atoms with E-state index in [0.29, 0.717) is 6.42 Å². The van der Waals surface area contributed by atoms with Gasteiger partial charge in [-0.2, -0.15) is 0 Å². The second kappa shape index (κ2) is 5.33. The van der Waals surface area contributed by atoms with Crippen LogP contribution in [0.1, 0.15) is 23.2 Å². The number of nitrogens with zero attached hydrogens (tertiary/aromatic N) is 2. The van der Waals surface area contributed by atoms with Crippen molar-refractivity contribution in [2.45, 2.75) is 18.9 Å². The lowest BCUT2D eigenvalue weighted by molar-refractivity contribution is 0.170. The predicted octanol–water partition coefficient (Wildman–Crippen LogP) is 2.16. The van der Waals surface area contributed by atoms with Gasteiger partial charge in [-0.1, -0.05) is 0 Å². The number of aliphatic hydroxyl groups excluding tert-OH is 1. The summed E-state index contributed by atoms with van der Waals surface area (Å²) in [6.45, 7) is 0. The van der Waals surface area contributed by atoms with Crippen LogP contribution in [-0.2, 0) is 13.5 Å². The number of aliphatic hydroxyl groups is 1. The Bertz CT molecular complexity index is 478. The van der Waals surface area contributed by atoms with Gasteiger partial charge in [-0.15, -0.1) is 11.3 Å². The highest BCUT2D eigenvalue weighted by Gasteiger charge is 2.12. The standard InChI is InChI=1S/C12H16N2O2S/c1-14-6-5-13-12(14)4-3-10(15)11-7-9(16-2)8-17-11/h5-8,10,15H,3-4H2,1-2H3. The lowest BCUT2D eigenvalue weighted by Gasteiger charge is -2.07. The number of imidazole rings is 1. The van der Waals surface area contributed by atoms with Crippen molar-refractivity contribution in [2.75, 3.05) is 7.11 Å². The fraction of sp³-hybridized carbons (Fsp3) is 0.417. The van der Waals surface area contributed by atoms with Crippen LogP contribution in [0, 0.1) is 0 Å². The molecule has 0 saturated heterocycles. The molecule has 92 valence electrons. The number of rotatable bonds is 5. The van der Waals surface area contributed by atoms with Gasteiger partial charge in [0.2, 0.25) is 0 Å². The van der Waals surface area contributed by atoms with E-state index in [2.05, 4.69) is 4.98 Å². The molecule has 2 aromatic rings. The SMILES string of the molecule is COc1csc(C(O)CCc2nccn2C)c1. The molecule has 2 rings (SSSR count). The summed E-state index contributed by atoms with van der Waals surface area (Å²) in [6.07, 6.45) is 4.69. The highest BCUT2D eigenvalue weighted by molar-refractivity contribution is 7.10. The van der Waals surface area contributed by atoms with Crippen LogP contribution in [0.5, 0.6) is 5.75 Å². The minimum atomic E-state index is -0.444. The molecule has 17 heavy (non-hydrogen) atoms. The lowest BCUT2D eigenvalue weighted by Crippen LogP contribution is -2.02. The summed E-state index contributed by atoms with van der Waals surface area (Å²) in [4.78, 5) is 5.17. The molecule has 5 heteroatoms. The van der Waals surface area contributed by atoms with Crippen LogP contribution in [0.4, 0.5) is 0 Å². The van der Waals surface area contributed by atoms with E-state index in [1.807, 2.05) is 29.3 Å². The fourth-order valence-corrected chi connectivity index (χ4v) is 2.54. The number of methoxy groups -OCH3 is 1. The lowest BCUT2D eigenvalue weighted by atomic mass is 10.1. The van der Waals surface area contributed by atoms with Crippen LogP contribution in [0.25, 0.3) is 0 Å². The number of aromatic nitrogens is 2.